The van der Waals surface area contributed by atoms with Crippen molar-refractivity contribution in [1.29, 1.82) is 0 Å². The first-order chi connectivity index (χ1) is 11.6. The summed E-state index contributed by atoms with van der Waals surface area (Å²) in [7, 11) is 3.22. The van der Waals surface area contributed by atoms with E-state index in [0.29, 0.717) is 36.8 Å². The Morgan fingerprint density at radius 2 is 1.83 bits per heavy atom. The molecule has 2 rings (SSSR count). The number of aliphatic hydroxyl groups is 1. The lowest BCUT2D eigenvalue weighted by Crippen LogP contribution is -2.12. The second-order valence-electron chi connectivity index (χ2n) is 5.29. The molecular weight excluding hydrogens is 330 g/mol. The summed E-state index contributed by atoms with van der Waals surface area (Å²) in [5.41, 5.74) is 1.76. The SMILES string of the molecule is COc1ccc(CO[C@@H](O)CCCc2nc(Cl)ccc2OC)cc1. The van der Waals surface area contributed by atoms with Crippen LogP contribution in [0.4, 0.5) is 0 Å². The van der Waals surface area contributed by atoms with E-state index in [4.69, 9.17) is 25.8 Å². The number of benzene rings is 1. The third kappa shape index (κ3) is 5.67. The zero-order valence-electron chi connectivity index (χ0n) is 13.9. The molecule has 0 aliphatic carbocycles. The molecule has 1 aromatic heterocycles. The molecular formula is C18H22ClNO4. The third-order valence-electron chi connectivity index (χ3n) is 3.58. The predicted octanol–water partition coefficient (Wildman–Crippen LogP) is 3.61. The van der Waals surface area contributed by atoms with E-state index in [1.807, 2.05) is 24.3 Å². The van der Waals surface area contributed by atoms with E-state index in [-0.39, 0.29) is 0 Å². The van der Waals surface area contributed by atoms with Crippen molar-refractivity contribution in [2.45, 2.75) is 32.2 Å². The third-order valence-corrected chi connectivity index (χ3v) is 3.79. The Morgan fingerprint density at radius 1 is 1.08 bits per heavy atom. The molecule has 1 heterocycles. The molecule has 0 fully saturated rings. The minimum Gasteiger partial charge on any atom is -0.497 e. The van der Waals surface area contributed by atoms with Gasteiger partial charge in [0.1, 0.15) is 16.7 Å². The standard InChI is InChI=1S/C18H22ClNO4/c1-22-14-8-6-13(7-9-14)12-24-18(21)5-3-4-15-16(23-2)10-11-17(19)20-15/h6-11,18,21H,3-5,12H2,1-2H3/t18-/m1/s1. The lowest BCUT2D eigenvalue weighted by molar-refractivity contribution is -0.112. The van der Waals surface area contributed by atoms with E-state index in [1.165, 1.54) is 0 Å². The lowest BCUT2D eigenvalue weighted by Gasteiger charge is -2.13. The molecule has 0 saturated heterocycles. The number of hydrogen-bond donors (Lipinski definition) is 1. The molecule has 1 atom stereocenters. The van der Waals surface area contributed by atoms with Crippen LogP contribution in [-0.4, -0.2) is 30.6 Å². The van der Waals surface area contributed by atoms with Crippen LogP contribution in [0.25, 0.3) is 0 Å². The highest BCUT2D eigenvalue weighted by molar-refractivity contribution is 6.29. The van der Waals surface area contributed by atoms with Crippen molar-refractivity contribution in [3.63, 3.8) is 0 Å². The fourth-order valence-corrected chi connectivity index (χ4v) is 2.43. The number of nitrogens with zero attached hydrogens (tertiary/aromatic N) is 1. The molecule has 0 spiro atoms. The highest BCUT2D eigenvalue weighted by Gasteiger charge is 2.09. The maximum Gasteiger partial charge on any atom is 0.154 e. The maximum absolute atomic E-state index is 9.95. The Kier molecular flexibility index (Phi) is 7.31. The topological polar surface area (TPSA) is 60.8 Å². The maximum atomic E-state index is 9.95. The molecule has 0 unspecified atom stereocenters. The van der Waals surface area contributed by atoms with Gasteiger partial charge in [-0.3, -0.25) is 0 Å². The van der Waals surface area contributed by atoms with E-state index < -0.39 is 6.29 Å². The highest BCUT2D eigenvalue weighted by Crippen LogP contribution is 2.21. The average molecular weight is 352 g/mol. The zero-order chi connectivity index (χ0) is 17.4. The van der Waals surface area contributed by atoms with Crippen molar-refractivity contribution in [2.75, 3.05) is 14.2 Å². The molecule has 0 saturated carbocycles. The minimum absolute atomic E-state index is 0.351. The van der Waals surface area contributed by atoms with Gasteiger partial charge in [0, 0.05) is 0 Å². The second-order valence-corrected chi connectivity index (χ2v) is 5.68. The molecule has 0 aliphatic heterocycles. The fraction of sp³-hybridized carbons (Fsp3) is 0.389. The normalized spacial score (nSPS) is 12.0. The van der Waals surface area contributed by atoms with Crippen LogP contribution < -0.4 is 9.47 Å². The van der Waals surface area contributed by atoms with Gasteiger partial charge >= 0.3 is 0 Å². The molecule has 0 bridgehead atoms. The molecule has 0 aliphatic rings. The first-order valence-electron chi connectivity index (χ1n) is 7.74. The van der Waals surface area contributed by atoms with Gasteiger partial charge in [0.2, 0.25) is 0 Å². The van der Waals surface area contributed by atoms with Crippen LogP contribution in [0.1, 0.15) is 24.1 Å². The van der Waals surface area contributed by atoms with E-state index in [9.17, 15) is 5.11 Å². The number of rotatable bonds is 9. The quantitative estimate of drug-likeness (QED) is 0.552. The summed E-state index contributed by atoms with van der Waals surface area (Å²) >= 11 is 5.90. The van der Waals surface area contributed by atoms with E-state index in [2.05, 4.69) is 4.98 Å². The number of methoxy groups -OCH3 is 2. The van der Waals surface area contributed by atoms with Gasteiger partial charge in [-0.05, 0) is 49.1 Å². The molecule has 0 radical (unpaired) electrons. The van der Waals surface area contributed by atoms with Crippen molar-refractivity contribution in [3.8, 4) is 11.5 Å². The number of halogens is 1. The molecule has 0 amide bonds. The van der Waals surface area contributed by atoms with E-state index in [0.717, 1.165) is 17.0 Å². The number of aliphatic hydroxyl groups excluding tert-OH is 1. The van der Waals surface area contributed by atoms with Gasteiger partial charge in [-0.2, -0.15) is 0 Å². The molecule has 1 N–H and O–H groups in total. The van der Waals surface area contributed by atoms with Gasteiger partial charge in [-0.15, -0.1) is 0 Å². The molecule has 130 valence electrons. The van der Waals surface area contributed by atoms with Crippen molar-refractivity contribution in [2.24, 2.45) is 0 Å². The lowest BCUT2D eigenvalue weighted by atomic mass is 10.1. The number of aromatic nitrogens is 1. The Bertz CT molecular complexity index is 633. The van der Waals surface area contributed by atoms with Crippen molar-refractivity contribution in [3.05, 3.63) is 52.8 Å². The number of ether oxygens (including phenoxy) is 3. The molecule has 24 heavy (non-hydrogen) atoms. The molecule has 1 aromatic carbocycles. The van der Waals surface area contributed by atoms with Crippen LogP contribution in [0.5, 0.6) is 11.5 Å². The van der Waals surface area contributed by atoms with Crippen LogP contribution in [-0.2, 0) is 17.8 Å². The minimum atomic E-state index is -0.822. The van der Waals surface area contributed by atoms with Gasteiger partial charge in [0.05, 0.1) is 26.5 Å². The van der Waals surface area contributed by atoms with Crippen LogP contribution in [0.3, 0.4) is 0 Å². The van der Waals surface area contributed by atoms with Crippen molar-refractivity contribution < 1.29 is 19.3 Å². The van der Waals surface area contributed by atoms with Crippen molar-refractivity contribution in [1.82, 2.24) is 4.98 Å². The molecule has 5 nitrogen and oxygen atoms in total. The first-order valence-corrected chi connectivity index (χ1v) is 8.12. The van der Waals surface area contributed by atoms with Gasteiger partial charge in [-0.25, -0.2) is 4.98 Å². The summed E-state index contributed by atoms with van der Waals surface area (Å²) in [4.78, 5) is 4.26. The van der Waals surface area contributed by atoms with Gasteiger partial charge in [0.25, 0.3) is 0 Å². The summed E-state index contributed by atoms with van der Waals surface area (Å²) in [6.45, 7) is 0.351. The summed E-state index contributed by atoms with van der Waals surface area (Å²) in [5, 5.41) is 10.4. The summed E-state index contributed by atoms with van der Waals surface area (Å²) in [6, 6.07) is 11.0. The highest BCUT2D eigenvalue weighted by atomic mass is 35.5. The number of aryl methyl sites for hydroxylation is 1. The Balaban J connectivity index is 1.75. The van der Waals surface area contributed by atoms with Crippen LogP contribution in [0.15, 0.2) is 36.4 Å². The monoisotopic (exact) mass is 351 g/mol. The summed E-state index contributed by atoms with van der Waals surface area (Å²) in [6.07, 6.45) is 1.06. The summed E-state index contributed by atoms with van der Waals surface area (Å²) in [5.74, 6) is 1.50. The number of hydrogen-bond acceptors (Lipinski definition) is 5. The Labute approximate surface area is 147 Å². The largest absolute Gasteiger partial charge is 0.497 e. The fourth-order valence-electron chi connectivity index (χ4n) is 2.27. The van der Waals surface area contributed by atoms with Crippen LogP contribution in [0.2, 0.25) is 5.15 Å². The average Bonchev–Trinajstić information content (AvgIpc) is 2.60. The Morgan fingerprint density at radius 3 is 2.50 bits per heavy atom. The summed E-state index contributed by atoms with van der Waals surface area (Å²) < 4.78 is 15.8. The van der Waals surface area contributed by atoms with Gasteiger partial charge in [0.15, 0.2) is 6.29 Å². The molecule has 2 aromatic rings. The van der Waals surface area contributed by atoms with E-state index in [1.54, 1.807) is 26.4 Å². The zero-order valence-corrected chi connectivity index (χ0v) is 14.6. The van der Waals surface area contributed by atoms with Gasteiger partial charge < -0.3 is 19.3 Å². The van der Waals surface area contributed by atoms with Crippen LogP contribution in [0, 0.1) is 0 Å². The van der Waals surface area contributed by atoms with Crippen LogP contribution >= 0.6 is 11.6 Å². The van der Waals surface area contributed by atoms with Crippen molar-refractivity contribution >= 4 is 11.6 Å². The molecule has 6 heteroatoms. The second kappa shape index (κ2) is 9.47. The Hall–Kier alpha value is -1.82. The number of pyridine rings is 1. The first kappa shape index (κ1) is 18.5. The van der Waals surface area contributed by atoms with E-state index >= 15 is 0 Å². The van der Waals surface area contributed by atoms with Gasteiger partial charge in [-0.1, -0.05) is 23.7 Å². The smallest absolute Gasteiger partial charge is 0.154 e. The predicted molar refractivity (Wildman–Crippen MR) is 92.5 cm³/mol.